The molecule has 9 heteroatoms. The lowest BCUT2D eigenvalue weighted by atomic mass is 9.83. The highest BCUT2D eigenvalue weighted by atomic mass is 16.5. The van der Waals surface area contributed by atoms with E-state index in [0.29, 0.717) is 30.1 Å². The molecule has 0 bridgehead atoms. The summed E-state index contributed by atoms with van der Waals surface area (Å²) < 4.78 is 7.77. The van der Waals surface area contributed by atoms with Crippen molar-refractivity contribution in [3.8, 4) is 11.3 Å². The largest absolute Gasteiger partial charge is 0.383 e. The van der Waals surface area contributed by atoms with E-state index >= 15 is 0 Å². The van der Waals surface area contributed by atoms with E-state index in [1.807, 2.05) is 31.3 Å². The van der Waals surface area contributed by atoms with Gasteiger partial charge in [-0.05, 0) is 68.7 Å². The van der Waals surface area contributed by atoms with Gasteiger partial charge >= 0.3 is 0 Å². The maximum atomic E-state index is 13.7. The second kappa shape index (κ2) is 10.2. The van der Waals surface area contributed by atoms with Crippen LogP contribution in [0.3, 0.4) is 0 Å². The molecular formula is C31H36N6O3. The smallest absolute Gasteiger partial charge is 0.250 e. The molecule has 2 aliphatic heterocycles. The Labute approximate surface area is 234 Å². The second-order valence-electron chi connectivity index (χ2n) is 11.4. The summed E-state index contributed by atoms with van der Waals surface area (Å²) in [5, 5.41) is 3.69. The van der Waals surface area contributed by atoms with E-state index in [-0.39, 0.29) is 23.3 Å². The highest BCUT2D eigenvalue weighted by molar-refractivity contribution is 6.05. The number of ether oxygens (including phenoxy) is 1. The zero-order chi connectivity index (χ0) is 28.0. The number of aryl methyl sites for hydroxylation is 1. The third kappa shape index (κ3) is 4.38. The Bertz CT molecular complexity index is 1530. The number of nitrogen functional groups attached to an aromatic ring is 1. The minimum absolute atomic E-state index is 0.0254. The van der Waals surface area contributed by atoms with Crippen molar-refractivity contribution in [2.24, 2.45) is 13.0 Å². The van der Waals surface area contributed by atoms with Gasteiger partial charge in [-0.3, -0.25) is 9.59 Å². The molecule has 208 valence electrons. The van der Waals surface area contributed by atoms with Gasteiger partial charge in [0.1, 0.15) is 17.8 Å². The van der Waals surface area contributed by atoms with Gasteiger partial charge in [0, 0.05) is 42.9 Å². The summed E-state index contributed by atoms with van der Waals surface area (Å²) in [4.78, 5) is 36.8. The Morgan fingerprint density at radius 3 is 2.67 bits per heavy atom. The van der Waals surface area contributed by atoms with Crippen LogP contribution in [0.15, 0.2) is 48.8 Å². The average Bonchev–Trinajstić information content (AvgIpc) is 3.68. The molecule has 3 aliphatic rings. The quantitative estimate of drug-likeness (QED) is 0.454. The summed E-state index contributed by atoms with van der Waals surface area (Å²) in [6.45, 7) is 7.63. The first-order valence-electron chi connectivity index (χ1n) is 14.0. The maximum absolute atomic E-state index is 13.7. The number of nitrogens with one attached hydrogen (secondary N) is 1. The van der Waals surface area contributed by atoms with Crippen LogP contribution in [0.25, 0.3) is 27.9 Å². The summed E-state index contributed by atoms with van der Waals surface area (Å²) in [6, 6.07) is 7.74. The highest BCUT2D eigenvalue weighted by Gasteiger charge is 2.47. The van der Waals surface area contributed by atoms with Gasteiger partial charge in [-0.15, -0.1) is 0 Å². The molecule has 40 heavy (non-hydrogen) atoms. The lowest BCUT2D eigenvalue weighted by molar-refractivity contribution is -0.140. The Hall–Kier alpha value is -3.98. The van der Waals surface area contributed by atoms with Crippen LogP contribution in [0, 0.1) is 5.92 Å². The molecule has 9 nitrogen and oxygen atoms in total. The van der Waals surface area contributed by atoms with Crippen molar-refractivity contribution < 1.29 is 14.3 Å². The van der Waals surface area contributed by atoms with Crippen molar-refractivity contribution in [1.29, 1.82) is 0 Å². The number of nitrogens with two attached hydrogens (primary N) is 1. The fourth-order valence-corrected chi connectivity index (χ4v) is 6.67. The Morgan fingerprint density at radius 2 is 2.00 bits per heavy atom. The molecule has 2 fully saturated rings. The van der Waals surface area contributed by atoms with Crippen LogP contribution in [-0.4, -0.2) is 56.5 Å². The molecule has 2 saturated heterocycles. The van der Waals surface area contributed by atoms with E-state index in [4.69, 9.17) is 10.5 Å². The molecule has 2 amide bonds. The number of benzene rings is 1. The van der Waals surface area contributed by atoms with Crippen molar-refractivity contribution in [2.45, 2.75) is 51.0 Å². The topological polar surface area (TPSA) is 115 Å². The first-order valence-corrected chi connectivity index (χ1v) is 14.0. The van der Waals surface area contributed by atoms with Crippen LogP contribution in [0.5, 0.6) is 0 Å². The normalized spacial score (nSPS) is 22.6. The molecule has 1 spiro atoms. The van der Waals surface area contributed by atoms with Crippen LogP contribution in [-0.2, 0) is 21.4 Å². The predicted octanol–water partition coefficient (Wildman–Crippen LogP) is 4.70. The van der Waals surface area contributed by atoms with Gasteiger partial charge in [0.2, 0.25) is 5.91 Å². The number of amides is 2. The summed E-state index contributed by atoms with van der Waals surface area (Å²) in [7, 11) is 1.98. The van der Waals surface area contributed by atoms with E-state index in [1.54, 1.807) is 6.92 Å². The maximum Gasteiger partial charge on any atom is 0.250 e. The minimum atomic E-state index is -0.210. The molecule has 4 heterocycles. The number of fused-ring (bicyclic) bond motifs is 1. The van der Waals surface area contributed by atoms with Crippen LogP contribution in [0.1, 0.15) is 51.0 Å². The number of likely N-dealkylation sites (tertiary alicyclic amines) is 1. The van der Waals surface area contributed by atoms with Crippen molar-refractivity contribution in [1.82, 2.24) is 19.4 Å². The highest BCUT2D eigenvalue weighted by Crippen LogP contribution is 2.44. The minimum Gasteiger partial charge on any atom is -0.383 e. The standard InChI is InChI=1S/C31H36N6O3/c1-19(2)29(38)35-23-11-9-21(10-12-23)26-24(25-27(32)33-18-34-28(25)36(26)3)20-5-7-22(8-6-20)30(39)37-15-4-13-31(37)14-16-40-17-31/h5,9-12,18,22H,1,4,6-8,13-17H2,2-3H3,(H,35,38)(H2,32,33,34)/t22-,31-/m1/s1. The number of hydrogen-bond acceptors (Lipinski definition) is 6. The Kier molecular flexibility index (Phi) is 6.70. The molecule has 6 rings (SSSR count). The molecule has 1 aromatic carbocycles. The van der Waals surface area contributed by atoms with Gasteiger partial charge < -0.3 is 25.3 Å². The second-order valence-corrected chi connectivity index (χ2v) is 11.4. The number of anilines is 2. The predicted molar refractivity (Wildman–Crippen MR) is 156 cm³/mol. The molecule has 3 N–H and O–H groups in total. The molecule has 0 unspecified atom stereocenters. The Morgan fingerprint density at radius 1 is 1.20 bits per heavy atom. The van der Waals surface area contributed by atoms with Crippen molar-refractivity contribution >= 4 is 39.9 Å². The Balaban J connectivity index is 1.33. The third-order valence-corrected chi connectivity index (χ3v) is 8.83. The molecule has 0 saturated carbocycles. The van der Waals surface area contributed by atoms with Gasteiger partial charge in [-0.25, -0.2) is 9.97 Å². The summed E-state index contributed by atoms with van der Waals surface area (Å²) >= 11 is 0. The number of carbonyl (C=O) groups excluding carboxylic acids is 2. The average molecular weight is 541 g/mol. The lowest BCUT2D eigenvalue weighted by Crippen LogP contribution is -2.50. The van der Waals surface area contributed by atoms with Gasteiger partial charge in [0.25, 0.3) is 5.91 Å². The van der Waals surface area contributed by atoms with Crippen molar-refractivity contribution in [2.75, 3.05) is 30.8 Å². The monoisotopic (exact) mass is 540 g/mol. The number of rotatable bonds is 5. The number of allylic oxidation sites excluding steroid dienone is 2. The zero-order valence-electron chi connectivity index (χ0n) is 23.2. The molecular weight excluding hydrogens is 504 g/mol. The summed E-state index contributed by atoms with van der Waals surface area (Å²) in [5.74, 6) is 0.471. The number of hydrogen-bond donors (Lipinski definition) is 2. The fraction of sp³-hybridized carbons (Fsp3) is 0.419. The molecule has 3 aromatic rings. The number of aromatic nitrogens is 3. The fourth-order valence-electron chi connectivity index (χ4n) is 6.67. The van der Waals surface area contributed by atoms with Gasteiger partial charge in [-0.2, -0.15) is 0 Å². The third-order valence-electron chi connectivity index (χ3n) is 8.83. The first-order chi connectivity index (χ1) is 19.3. The molecule has 1 aliphatic carbocycles. The first kappa shape index (κ1) is 26.3. The van der Waals surface area contributed by atoms with Crippen molar-refractivity contribution in [3.63, 3.8) is 0 Å². The van der Waals surface area contributed by atoms with E-state index in [2.05, 4.69) is 37.4 Å². The van der Waals surface area contributed by atoms with E-state index in [1.165, 1.54) is 6.33 Å². The van der Waals surface area contributed by atoms with Gasteiger partial charge in [0.05, 0.1) is 23.2 Å². The van der Waals surface area contributed by atoms with Gasteiger partial charge in [0.15, 0.2) is 0 Å². The number of nitrogens with zero attached hydrogens (tertiary/aromatic N) is 4. The molecule has 0 radical (unpaired) electrons. The van der Waals surface area contributed by atoms with Crippen LogP contribution < -0.4 is 11.1 Å². The van der Waals surface area contributed by atoms with Crippen LogP contribution in [0.2, 0.25) is 0 Å². The van der Waals surface area contributed by atoms with Crippen LogP contribution in [0.4, 0.5) is 11.5 Å². The van der Waals surface area contributed by atoms with E-state index in [9.17, 15) is 9.59 Å². The van der Waals surface area contributed by atoms with Gasteiger partial charge in [-0.1, -0.05) is 24.8 Å². The zero-order valence-corrected chi connectivity index (χ0v) is 23.2. The van der Waals surface area contributed by atoms with E-state index in [0.717, 1.165) is 78.7 Å². The summed E-state index contributed by atoms with van der Waals surface area (Å²) in [6.07, 6.45) is 8.99. The molecule has 2 aromatic heterocycles. The number of carbonyl (C=O) groups is 2. The summed E-state index contributed by atoms with van der Waals surface area (Å²) in [5.41, 5.74) is 12.4. The SMILES string of the molecule is C=C(C)C(=O)Nc1ccc(-c2c(C3=CC[C@@H](C(=O)N4CCC[C@]45CCOC5)CC3)c3c(N)ncnc3n2C)cc1. The van der Waals surface area contributed by atoms with Crippen LogP contribution >= 0.6 is 0 Å². The van der Waals surface area contributed by atoms with E-state index < -0.39 is 0 Å². The molecule has 2 atom stereocenters. The van der Waals surface area contributed by atoms with Crippen molar-refractivity contribution in [3.05, 3.63) is 54.4 Å². The lowest BCUT2D eigenvalue weighted by Gasteiger charge is -2.37.